The van der Waals surface area contributed by atoms with E-state index in [1.807, 2.05) is 56.1 Å². The van der Waals surface area contributed by atoms with E-state index in [4.69, 9.17) is 14.2 Å². The molecule has 6 bridgehead atoms. The predicted octanol–water partition coefficient (Wildman–Crippen LogP) is 6.36. The molecular weight excluding hydrogens is 825 g/mol. The Labute approximate surface area is 382 Å². The summed E-state index contributed by atoms with van der Waals surface area (Å²) in [7, 11) is 5.21. The minimum absolute atomic E-state index is 0.0238. The van der Waals surface area contributed by atoms with Crippen molar-refractivity contribution in [3.8, 4) is 39.6 Å². The lowest BCUT2D eigenvalue weighted by Crippen LogP contribution is -2.62. The number of hydrogen-bond acceptors (Lipinski definition) is 10. The quantitative estimate of drug-likeness (QED) is 0.115. The second-order valence-corrected chi connectivity index (χ2v) is 19.0. The van der Waals surface area contributed by atoms with Crippen molar-refractivity contribution in [1.82, 2.24) is 30.1 Å². The molecule has 2 fully saturated rings. The maximum atomic E-state index is 14.7. The third kappa shape index (κ3) is 10.0. The van der Waals surface area contributed by atoms with E-state index >= 15 is 0 Å². The van der Waals surface area contributed by atoms with Crippen LogP contribution in [0.3, 0.4) is 0 Å². The highest BCUT2D eigenvalue weighted by molar-refractivity contribution is 5.97. The van der Waals surface area contributed by atoms with Gasteiger partial charge in [-0.3, -0.25) is 29.1 Å². The lowest BCUT2D eigenvalue weighted by Gasteiger charge is -2.37. The Morgan fingerprint density at radius 2 is 1.78 bits per heavy atom. The third-order valence-electron chi connectivity index (χ3n) is 13.2. The Balaban J connectivity index is 1.31. The van der Waals surface area contributed by atoms with E-state index in [2.05, 4.69) is 54.8 Å². The molecule has 14 heteroatoms. The van der Waals surface area contributed by atoms with Crippen molar-refractivity contribution in [1.29, 1.82) is 0 Å². The summed E-state index contributed by atoms with van der Waals surface area (Å²) in [5.41, 5.74) is 8.65. The van der Waals surface area contributed by atoms with Crippen LogP contribution < -0.4 is 20.2 Å². The lowest BCUT2D eigenvalue weighted by molar-refractivity contribution is -0.155. The molecule has 4 heterocycles. The van der Waals surface area contributed by atoms with E-state index in [9.17, 15) is 24.3 Å². The average Bonchev–Trinajstić information content (AvgIpc) is 3.87. The van der Waals surface area contributed by atoms with Crippen LogP contribution in [0.25, 0.3) is 33.3 Å². The third-order valence-corrected chi connectivity index (χ3v) is 13.2. The van der Waals surface area contributed by atoms with E-state index in [0.717, 1.165) is 45.3 Å². The standard InChI is InChI=1S/C51H66N6O8/c1-10-44(59)55-21-19-32(29-55)28-54(7)46(31(3)4)48(60)52-40-24-33-22-35(25-36(58)23-33)34-17-18-41-37(26-34)38(47(56(41)11-2)45-42(63-8)15-12-16-43(45)64-9)27-51(5,6)30-65-50(62)39-14-13-20-57(53-39)49(40)61/h10,12,15-18,22-23,25-26,31-32,39-40,46,53,58H,1,11,13-14,19-21,24,27-30H2,2-9H3,(H,52,60)/t32?,39-,40-,46-/m0/s1. The largest absolute Gasteiger partial charge is 0.508 e. The number of methoxy groups -OCH3 is 2. The number of amides is 3. The molecule has 0 spiro atoms. The zero-order valence-corrected chi connectivity index (χ0v) is 39.2. The molecule has 0 aliphatic carbocycles. The predicted molar refractivity (Wildman–Crippen MR) is 251 cm³/mol. The number of nitrogens with one attached hydrogen (secondary N) is 2. The molecule has 3 aliphatic heterocycles. The number of cyclic esters (lactones) is 1. The number of esters is 1. The number of fused-ring (bicyclic) bond motifs is 6. The number of likely N-dealkylation sites (tertiary alicyclic amines) is 1. The van der Waals surface area contributed by atoms with Gasteiger partial charge in [-0.1, -0.05) is 52.5 Å². The number of carbonyl (C=O) groups excluding carboxylic acids is 4. The Hall–Kier alpha value is -5.86. The minimum Gasteiger partial charge on any atom is -0.508 e. The maximum absolute atomic E-state index is 14.7. The first-order chi connectivity index (χ1) is 31.1. The maximum Gasteiger partial charge on any atom is 0.324 e. The molecule has 1 unspecified atom stereocenters. The van der Waals surface area contributed by atoms with Crippen molar-refractivity contribution in [2.75, 3.05) is 54.1 Å². The molecular formula is C51H66N6O8. The van der Waals surface area contributed by atoms with Crippen molar-refractivity contribution in [2.24, 2.45) is 17.3 Å². The number of aromatic nitrogens is 1. The molecule has 4 atom stereocenters. The first-order valence-electron chi connectivity index (χ1n) is 22.9. The van der Waals surface area contributed by atoms with Crippen LogP contribution in [0.4, 0.5) is 0 Å². The molecule has 4 aromatic rings. The zero-order chi connectivity index (χ0) is 46.7. The number of aryl methyl sites for hydroxylation is 1. The monoisotopic (exact) mass is 890 g/mol. The van der Waals surface area contributed by atoms with Gasteiger partial charge in [0.05, 0.1) is 38.1 Å². The van der Waals surface area contributed by atoms with Gasteiger partial charge in [0.15, 0.2) is 0 Å². The number of rotatable bonds is 11. The fourth-order valence-corrected chi connectivity index (χ4v) is 10.2. The van der Waals surface area contributed by atoms with Crippen molar-refractivity contribution in [3.05, 3.63) is 78.4 Å². The summed E-state index contributed by atoms with van der Waals surface area (Å²) in [4.78, 5) is 59.3. The van der Waals surface area contributed by atoms with Gasteiger partial charge in [0.1, 0.15) is 29.3 Å². The Morgan fingerprint density at radius 3 is 2.46 bits per heavy atom. The van der Waals surface area contributed by atoms with Crippen LogP contribution >= 0.6 is 0 Å². The fraction of sp³-hybridized carbons (Fsp3) is 0.490. The van der Waals surface area contributed by atoms with Crippen LogP contribution in [-0.2, 0) is 43.3 Å². The number of aromatic hydroxyl groups is 1. The summed E-state index contributed by atoms with van der Waals surface area (Å²) in [6.07, 6.45) is 3.76. The molecule has 2 saturated heterocycles. The zero-order valence-electron chi connectivity index (χ0n) is 39.2. The SMILES string of the molecule is C=CC(=O)N1CCC(CN(C)[C@H](C(=O)N[C@H]2Cc3cc(O)cc(c3)-c3ccc4c(c3)c(c(-c3c(OC)cccc3OC)n4CC)CC(C)(C)COC(=O)[C@@H]3CCCN(N3)C2=O)C(C)C)C1. The fourth-order valence-electron chi connectivity index (χ4n) is 10.2. The summed E-state index contributed by atoms with van der Waals surface area (Å²) in [6.45, 7) is 16.7. The highest BCUT2D eigenvalue weighted by atomic mass is 16.5. The van der Waals surface area contributed by atoms with E-state index in [1.165, 1.54) is 11.1 Å². The first kappa shape index (κ1) is 47.1. The van der Waals surface area contributed by atoms with Gasteiger partial charge < -0.3 is 34.1 Å². The normalized spacial score (nSPS) is 20.7. The van der Waals surface area contributed by atoms with Gasteiger partial charge in [-0.15, -0.1) is 0 Å². The summed E-state index contributed by atoms with van der Waals surface area (Å²) in [6, 6.07) is 14.9. The van der Waals surface area contributed by atoms with E-state index < -0.39 is 35.4 Å². The molecule has 0 radical (unpaired) electrons. The highest BCUT2D eigenvalue weighted by Crippen LogP contribution is 2.46. The molecule has 65 heavy (non-hydrogen) atoms. The summed E-state index contributed by atoms with van der Waals surface area (Å²) in [5, 5.41) is 16.9. The molecule has 3 aliphatic rings. The Morgan fingerprint density at radius 1 is 1.05 bits per heavy atom. The molecule has 3 N–H and O–H groups in total. The van der Waals surface area contributed by atoms with Gasteiger partial charge in [-0.25, -0.2) is 5.43 Å². The van der Waals surface area contributed by atoms with Crippen LogP contribution in [-0.4, -0.2) is 120 Å². The van der Waals surface area contributed by atoms with Crippen LogP contribution in [0, 0.1) is 17.3 Å². The topological polar surface area (TPSA) is 155 Å². The smallest absolute Gasteiger partial charge is 0.324 e. The van der Waals surface area contributed by atoms with Gasteiger partial charge in [0.25, 0.3) is 5.91 Å². The van der Waals surface area contributed by atoms with Gasteiger partial charge in [-0.05, 0) is 116 Å². The summed E-state index contributed by atoms with van der Waals surface area (Å²) in [5.74, 6) is 0.153. The van der Waals surface area contributed by atoms with Crippen molar-refractivity contribution in [2.45, 2.75) is 91.4 Å². The van der Waals surface area contributed by atoms with Crippen LogP contribution in [0.5, 0.6) is 17.2 Å². The van der Waals surface area contributed by atoms with Crippen LogP contribution in [0.1, 0.15) is 65.0 Å². The Bertz CT molecular complexity index is 2420. The van der Waals surface area contributed by atoms with E-state index in [1.54, 1.807) is 31.3 Å². The number of nitrogens with zero attached hydrogens (tertiary/aromatic N) is 4. The van der Waals surface area contributed by atoms with E-state index in [-0.39, 0.29) is 42.4 Å². The number of benzene rings is 3. The molecule has 3 amide bonds. The molecule has 14 nitrogen and oxygen atoms in total. The van der Waals surface area contributed by atoms with Gasteiger partial charge >= 0.3 is 5.97 Å². The molecule has 3 aromatic carbocycles. The highest BCUT2D eigenvalue weighted by Gasteiger charge is 2.38. The summed E-state index contributed by atoms with van der Waals surface area (Å²) >= 11 is 0. The van der Waals surface area contributed by atoms with Crippen molar-refractivity contribution >= 4 is 34.6 Å². The van der Waals surface area contributed by atoms with E-state index in [0.29, 0.717) is 69.0 Å². The summed E-state index contributed by atoms with van der Waals surface area (Å²) < 4.78 is 20.3. The van der Waals surface area contributed by atoms with Crippen molar-refractivity contribution in [3.63, 3.8) is 0 Å². The second kappa shape index (κ2) is 19.7. The molecule has 1 aromatic heterocycles. The number of phenolic OH excluding ortho intramolecular Hbond substituents is 1. The molecule has 0 saturated carbocycles. The van der Waals surface area contributed by atoms with Crippen LogP contribution in [0.15, 0.2) is 67.3 Å². The van der Waals surface area contributed by atoms with Gasteiger partial charge in [-0.2, -0.15) is 0 Å². The number of hydrogen-bond donors (Lipinski definition) is 3. The van der Waals surface area contributed by atoms with Crippen molar-refractivity contribution < 1.29 is 38.5 Å². The van der Waals surface area contributed by atoms with Crippen LogP contribution in [0.2, 0.25) is 0 Å². The first-order valence-corrected chi connectivity index (χ1v) is 22.9. The molecule has 7 rings (SSSR count). The van der Waals surface area contributed by atoms with Gasteiger partial charge in [0, 0.05) is 55.5 Å². The average molecular weight is 891 g/mol. The minimum atomic E-state index is -1.05. The number of ether oxygens (including phenoxy) is 3. The number of likely N-dealkylation sites (N-methyl/N-ethyl adjacent to an activating group) is 1. The molecule has 348 valence electrons. The second-order valence-electron chi connectivity index (χ2n) is 19.0. The number of phenols is 1. The van der Waals surface area contributed by atoms with Gasteiger partial charge in [0.2, 0.25) is 11.8 Å². The number of hydrazine groups is 1. The lowest BCUT2D eigenvalue weighted by atomic mass is 9.84. The Kier molecular flexibility index (Phi) is 14.3. The number of carbonyl (C=O) groups is 4.